The van der Waals surface area contributed by atoms with Crippen LogP contribution >= 0.6 is 23.1 Å². The van der Waals surface area contributed by atoms with E-state index in [0.29, 0.717) is 0 Å². The number of aryl methyl sites for hydroxylation is 2. The molecular formula is C12H16O2S2. The van der Waals surface area contributed by atoms with E-state index in [1.807, 2.05) is 11.3 Å². The average Bonchev–Trinajstić information content (AvgIpc) is 2.78. The SMILES string of the molecule is CCc1sc(CC)c2c1CSC2CC(=O)O. The van der Waals surface area contributed by atoms with E-state index >= 15 is 0 Å². The molecule has 88 valence electrons. The van der Waals surface area contributed by atoms with E-state index in [9.17, 15) is 4.79 Å². The van der Waals surface area contributed by atoms with Gasteiger partial charge in [0.05, 0.1) is 6.42 Å². The van der Waals surface area contributed by atoms with Gasteiger partial charge in [-0.3, -0.25) is 4.79 Å². The Balaban J connectivity index is 2.36. The Labute approximate surface area is 104 Å². The standard InChI is InChI=1S/C12H16O2S2/c1-3-8-7-6-15-10(5-11(13)14)12(7)9(4-2)16-8/h10H,3-6H2,1-2H3,(H,13,14). The lowest BCUT2D eigenvalue weighted by molar-refractivity contribution is -0.137. The largest absolute Gasteiger partial charge is 0.481 e. The van der Waals surface area contributed by atoms with E-state index in [4.69, 9.17) is 5.11 Å². The molecule has 0 spiro atoms. The molecule has 1 N–H and O–H groups in total. The molecule has 1 aliphatic heterocycles. The Bertz CT molecular complexity index is 409. The van der Waals surface area contributed by atoms with Gasteiger partial charge in [0, 0.05) is 20.8 Å². The summed E-state index contributed by atoms with van der Waals surface area (Å²) >= 11 is 3.68. The maximum absolute atomic E-state index is 10.8. The van der Waals surface area contributed by atoms with Crippen molar-refractivity contribution >= 4 is 29.1 Å². The molecule has 0 bridgehead atoms. The van der Waals surface area contributed by atoms with Crippen LogP contribution < -0.4 is 0 Å². The van der Waals surface area contributed by atoms with Crippen LogP contribution in [0.2, 0.25) is 0 Å². The summed E-state index contributed by atoms with van der Waals surface area (Å²) in [5, 5.41) is 9.11. The number of carbonyl (C=O) groups is 1. The number of hydrogen-bond donors (Lipinski definition) is 1. The first-order valence-corrected chi connectivity index (χ1v) is 7.50. The van der Waals surface area contributed by atoms with Crippen LogP contribution in [-0.2, 0) is 23.4 Å². The molecule has 4 heteroatoms. The fourth-order valence-electron chi connectivity index (χ4n) is 2.25. The van der Waals surface area contributed by atoms with Gasteiger partial charge in [-0.1, -0.05) is 13.8 Å². The molecule has 2 nitrogen and oxygen atoms in total. The Hall–Kier alpha value is -0.480. The second-order valence-electron chi connectivity index (χ2n) is 3.95. The number of fused-ring (bicyclic) bond motifs is 1. The Morgan fingerprint density at radius 3 is 2.62 bits per heavy atom. The van der Waals surface area contributed by atoms with Crippen molar-refractivity contribution < 1.29 is 9.90 Å². The first-order chi connectivity index (χ1) is 7.67. The zero-order valence-electron chi connectivity index (χ0n) is 9.58. The van der Waals surface area contributed by atoms with Crippen LogP contribution in [0, 0.1) is 0 Å². The number of hydrogen-bond acceptors (Lipinski definition) is 3. The first-order valence-electron chi connectivity index (χ1n) is 5.64. The predicted molar refractivity (Wildman–Crippen MR) is 69.4 cm³/mol. The molecule has 0 amide bonds. The second kappa shape index (κ2) is 4.80. The van der Waals surface area contributed by atoms with Crippen LogP contribution in [0.4, 0.5) is 0 Å². The first kappa shape index (κ1) is 12.0. The number of carboxylic acid groups (broad SMARTS) is 1. The maximum atomic E-state index is 10.8. The molecule has 0 saturated heterocycles. The van der Waals surface area contributed by atoms with Gasteiger partial charge in [-0.25, -0.2) is 0 Å². The molecule has 0 fully saturated rings. The van der Waals surface area contributed by atoms with Crippen molar-refractivity contribution in [3.63, 3.8) is 0 Å². The Morgan fingerprint density at radius 2 is 2.06 bits per heavy atom. The van der Waals surface area contributed by atoms with Gasteiger partial charge in [0.15, 0.2) is 0 Å². The van der Waals surface area contributed by atoms with E-state index in [1.165, 1.54) is 20.9 Å². The third-order valence-electron chi connectivity index (χ3n) is 2.96. The number of aliphatic carboxylic acids is 1. The summed E-state index contributed by atoms with van der Waals surface area (Å²) in [6, 6.07) is 0. The van der Waals surface area contributed by atoms with Crippen molar-refractivity contribution in [2.24, 2.45) is 0 Å². The maximum Gasteiger partial charge on any atom is 0.304 e. The van der Waals surface area contributed by atoms with Crippen molar-refractivity contribution in [2.45, 2.75) is 44.1 Å². The Kier molecular flexibility index (Phi) is 3.60. The van der Waals surface area contributed by atoms with Crippen LogP contribution in [0.5, 0.6) is 0 Å². The van der Waals surface area contributed by atoms with Gasteiger partial charge < -0.3 is 5.11 Å². The average molecular weight is 256 g/mol. The van der Waals surface area contributed by atoms with Crippen LogP contribution in [-0.4, -0.2) is 11.1 Å². The van der Waals surface area contributed by atoms with E-state index in [0.717, 1.165) is 18.6 Å². The zero-order valence-corrected chi connectivity index (χ0v) is 11.2. The summed E-state index contributed by atoms with van der Waals surface area (Å²) in [5.41, 5.74) is 2.80. The summed E-state index contributed by atoms with van der Waals surface area (Å²) in [6.45, 7) is 4.34. The Morgan fingerprint density at radius 1 is 1.38 bits per heavy atom. The van der Waals surface area contributed by atoms with Gasteiger partial charge in [0.1, 0.15) is 0 Å². The fraction of sp³-hybridized carbons (Fsp3) is 0.583. The molecule has 2 rings (SSSR count). The lowest BCUT2D eigenvalue weighted by Gasteiger charge is -2.07. The molecule has 0 aromatic carbocycles. The molecule has 0 saturated carbocycles. The highest BCUT2D eigenvalue weighted by atomic mass is 32.2. The van der Waals surface area contributed by atoms with E-state index in [2.05, 4.69) is 13.8 Å². The highest BCUT2D eigenvalue weighted by molar-refractivity contribution is 7.99. The van der Waals surface area contributed by atoms with E-state index < -0.39 is 5.97 Å². The fourth-order valence-corrected chi connectivity index (χ4v) is 5.09. The monoisotopic (exact) mass is 256 g/mol. The lowest BCUT2D eigenvalue weighted by Crippen LogP contribution is -2.01. The summed E-state index contributed by atoms with van der Waals surface area (Å²) in [4.78, 5) is 13.7. The molecule has 1 aromatic heterocycles. The molecule has 1 aliphatic rings. The molecule has 2 heterocycles. The van der Waals surface area contributed by atoms with Crippen molar-refractivity contribution in [1.82, 2.24) is 0 Å². The normalized spacial score (nSPS) is 18.8. The van der Waals surface area contributed by atoms with Crippen LogP contribution in [0.25, 0.3) is 0 Å². The molecule has 1 unspecified atom stereocenters. The minimum absolute atomic E-state index is 0.194. The van der Waals surface area contributed by atoms with Crippen LogP contribution in [0.15, 0.2) is 0 Å². The second-order valence-corrected chi connectivity index (χ2v) is 6.33. The van der Waals surface area contributed by atoms with E-state index in [1.54, 1.807) is 11.8 Å². The quantitative estimate of drug-likeness (QED) is 0.893. The third kappa shape index (κ3) is 2.00. The zero-order chi connectivity index (χ0) is 11.7. The van der Waals surface area contributed by atoms with Gasteiger partial charge in [0.2, 0.25) is 0 Å². The highest BCUT2D eigenvalue weighted by Crippen LogP contribution is 2.50. The summed E-state index contributed by atoms with van der Waals surface area (Å²) < 4.78 is 0. The van der Waals surface area contributed by atoms with Gasteiger partial charge in [0.25, 0.3) is 0 Å². The van der Waals surface area contributed by atoms with Crippen molar-refractivity contribution in [3.05, 3.63) is 20.9 Å². The number of carboxylic acids is 1. The van der Waals surface area contributed by atoms with E-state index in [-0.39, 0.29) is 11.7 Å². The molecule has 1 atom stereocenters. The topological polar surface area (TPSA) is 37.3 Å². The highest BCUT2D eigenvalue weighted by Gasteiger charge is 2.31. The number of thiophene rings is 1. The smallest absolute Gasteiger partial charge is 0.304 e. The van der Waals surface area contributed by atoms with Crippen LogP contribution in [0.3, 0.4) is 0 Å². The number of thioether (sulfide) groups is 1. The minimum atomic E-state index is -0.684. The summed E-state index contributed by atoms with van der Waals surface area (Å²) in [5.74, 6) is 0.323. The molecule has 16 heavy (non-hydrogen) atoms. The lowest BCUT2D eigenvalue weighted by atomic mass is 10.0. The van der Waals surface area contributed by atoms with Crippen molar-refractivity contribution in [1.29, 1.82) is 0 Å². The number of rotatable bonds is 4. The molecule has 0 aliphatic carbocycles. The van der Waals surface area contributed by atoms with Crippen molar-refractivity contribution in [3.8, 4) is 0 Å². The van der Waals surface area contributed by atoms with Gasteiger partial charge in [-0.2, -0.15) is 0 Å². The van der Waals surface area contributed by atoms with Gasteiger partial charge >= 0.3 is 5.97 Å². The van der Waals surface area contributed by atoms with Gasteiger partial charge in [-0.05, 0) is 24.0 Å². The van der Waals surface area contributed by atoms with Gasteiger partial charge in [-0.15, -0.1) is 23.1 Å². The molecular weight excluding hydrogens is 240 g/mol. The third-order valence-corrected chi connectivity index (χ3v) is 5.76. The summed E-state index contributed by atoms with van der Waals surface area (Å²) in [7, 11) is 0. The van der Waals surface area contributed by atoms with Crippen LogP contribution in [0.1, 0.15) is 46.4 Å². The summed E-state index contributed by atoms with van der Waals surface area (Å²) in [6.07, 6.45) is 2.38. The molecule has 1 aromatic rings. The van der Waals surface area contributed by atoms with Crippen molar-refractivity contribution in [2.75, 3.05) is 0 Å². The minimum Gasteiger partial charge on any atom is -0.481 e. The predicted octanol–water partition coefficient (Wildman–Crippen LogP) is 3.64. The molecule has 0 radical (unpaired) electrons.